The van der Waals surface area contributed by atoms with Crippen LogP contribution in [0, 0.1) is 11.3 Å². The minimum atomic E-state index is 0.300. The third-order valence-electron chi connectivity index (χ3n) is 4.42. The maximum Gasteiger partial charge on any atom is 0.0843 e. The van der Waals surface area contributed by atoms with E-state index in [1.54, 1.807) is 4.68 Å². The fourth-order valence-corrected chi connectivity index (χ4v) is 3.74. The van der Waals surface area contributed by atoms with Crippen molar-refractivity contribution in [3.63, 3.8) is 0 Å². The summed E-state index contributed by atoms with van der Waals surface area (Å²) < 4.78 is 1.76. The van der Waals surface area contributed by atoms with Crippen LogP contribution in [-0.4, -0.2) is 21.0 Å². The zero-order valence-electron chi connectivity index (χ0n) is 12.4. The Kier molecular flexibility index (Phi) is 4.58. The molecule has 0 aliphatic heterocycles. The average molecular weight is 265 g/mol. The smallest absolute Gasteiger partial charge is 0.0843 e. The first-order valence-electron chi connectivity index (χ1n) is 7.37. The maximum atomic E-state index is 5.86. The molecule has 0 amide bonds. The van der Waals surface area contributed by atoms with E-state index in [1.165, 1.54) is 32.1 Å². The summed E-state index contributed by atoms with van der Waals surface area (Å²) in [5, 5.41) is 8.21. The molecule has 2 rings (SSSR count). The Bertz CT molecular complexity index is 392. The highest BCUT2D eigenvalue weighted by Crippen LogP contribution is 2.46. The molecule has 5 nitrogen and oxygen atoms in total. The topological polar surface area (TPSA) is 68.8 Å². The Labute approximate surface area is 115 Å². The number of nitrogens with two attached hydrogens (primary N) is 1. The molecule has 19 heavy (non-hydrogen) atoms. The van der Waals surface area contributed by atoms with Crippen LogP contribution in [0.5, 0.6) is 0 Å². The van der Waals surface area contributed by atoms with Gasteiger partial charge in [-0.15, -0.1) is 5.10 Å². The van der Waals surface area contributed by atoms with Crippen molar-refractivity contribution in [3.05, 3.63) is 11.9 Å². The minimum absolute atomic E-state index is 0.300. The van der Waals surface area contributed by atoms with Gasteiger partial charge in [-0.2, -0.15) is 0 Å². The number of nitrogens with one attached hydrogen (secondary N) is 1. The molecule has 5 heteroatoms. The van der Waals surface area contributed by atoms with Crippen LogP contribution >= 0.6 is 0 Å². The number of aryl methyl sites for hydroxylation is 1. The lowest BCUT2D eigenvalue weighted by molar-refractivity contribution is 0.153. The molecule has 1 aromatic heterocycles. The Morgan fingerprint density at radius 1 is 1.42 bits per heavy atom. The monoisotopic (exact) mass is 265 g/mol. The lowest BCUT2D eigenvalue weighted by Gasteiger charge is -2.38. The normalized spacial score (nSPS) is 20.1. The first-order valence-corrected chi connectivity index (χ1v) is 7.37. The SMILES string of the molecule is CC(C)CC1(C(Cc2cn(C)nn2)NN)CCCC1. The van der Waals surface area contributed by atoms with Crippen molar-refractivity contribution in [2.75, 3.05) is 0 Å². The van der Waals surface area contributed by atoms with Crippen molar-refractivity contribution in [2.24, 2.45) is 24.2 Å². The van der Waals surface area contributed by atoms with Crippen molar-refractivity contribution in [2.45, 2.75) is 58.4 Å². The van der Waals surface area contributed by atoms with Gasteiger partial charge in [0, 0.05) is 25.7 Å². The molecule has 0 spiro atoms. The van der Waals surface area contributed by atoms with Gasteiger partial charge in [0.2, 0.25) is 0 Å². The highest BCUT2D eigenvalue weighted by Gasteiger charge is 2.41. The predicted molar refractivity (Wildman–Crippen MR) is 76.2 cm³/mol. The molecule has 3 N–H and O–H groups in total. The number of hydrogen-bond donors (Lipinski definition) is 2. The Morgan fingerprint density at radius 2 is 2.11 bits per heavy atom. The van der Waals surface area contributed by atoms with Crippen molar-refractivity contribution in [3.8, 4) is 0 Å². The summed E-state index contributed by atoms with van der Waals surface area (Å²) in [4.78, 5) is 0. The van der Waals surface area contributed by atoms with Gasteiger partial charge in [-0.1, -0.05) is 31.9 Å². The largest absolute Gasteiger partial charge is 0.271 e. The first kappa shape index (κ1) is 14.5. The van der Waals surface area contributed by atoms with Gasteiger partial charge >= 0.3 is 0 Å². The number of nitrogens with zero attached hydrogens (tertiary/aromatic N) is 3. The second-order valence-electron chi connectivity index (χ2n) is 6.47. The fraction of sp³-hybridized carbons (Fsp3) is 0.857. The van der Waals surface area contributed by atoms with E-state index < -0.39 is 0 Å². The standard InChI is InChI=1S/C14H27N5/c1-11(2)9-14(6-4-5-7-14)13(16-15)8-12-10-19(3)18-17-12/h10-11,13,16H,4-9,15H2,1-3H3. The van der Waals surface area contributed by atoms with E-state index in [1.807, 2.05) is 13.2 Å². The molecule has 0 aromatic carbocycles. The Balaban J connectivity index is 2.13. The molecular formula is C14H27N5. The summed E-state index contributed by atoms with van der Waals surface area (Å²) in [5.74, 6) is 6.57. The van der Waals surface area contributed by atoms with Gasteiger partial charge in [0.15, 0.2) is 0 Å². The van der Waals surface area contributed by atoms with Crippen molar-refractivity contribution < 1.29 is 0 Å². The third-order valence-corrected chi connectivity index (χ3v) is 4.42. The van der Waals surface area contributed by atoms with E-state index in [4.69, 9.17) is 5.84 Å². The zero-order valence-corrected chi connectivity index (χ0v) is 12.4. The van der Waals surface area contributed by atoms with Crippen LogP contribution in [0.3, 0.4) is 0 Å². The van der Waals surface area contributed by atoms with E-state index in [9.17, 15) is 0 Å². The molecule has 1 aliphatic rings. The highest BCUT2D eigenvalue weighted by molar-refractivity contribution is 5.03. The van der Waals surface area contributed by atoms with Gasteiger partial charge in [-0.05, 0) is 30.6 Å². The van der Waals surface area contributed by atoms with Crippen molar-refractivity contribution in [1.29, 1.82) is 0 Å². The molecule has 0 bridgehead atoms. The van der Waals surface area contributed by atoms with Gasteiger partial charge < -0.3 is 0 Å². The van der Waals surface area contributed by atoms with E-state index in [0.29, 0.717) is 17.4 Å². The summed E-state index contributed by atoms with van der Waals surface area (Å²) >= 11 is 0. The van der Waals surface area contributed by atoms with Gasteiger partial charge in [-0.3, -0.25) is 16.0 Å². The van der Waals surface area contributed by atoms with E-state index in [2.05, 4.69) is 29.6 Å². The lowest BCUT2D eigenvalue weighted by atomic mass is 9.71. The molecular weight excluding hydrogens is 238 g/mol. The van der Waals surface area contributed by atoms with Gasteiger partial charge in [0.05, 0.1) is 5.69 Å². The van der Waals surface area contributed by atoms with Crippen LogP contribution in [0.4, 0.5) is 0 Å². The van der Waals surface area contributed by atoms with E-state index in [-0.39, 0.29) is 0 Å². The zero-order chi connectivity index (χ0) is 13.9. The van der Waals surface area contributed by atoms with Crippen LogP contribution in [0.1, 0.15) is 51.6 Å². The van der Waals surface area contributed by atoms with E-state index in [0.717, 1.165) is 12.1 Å². The summed E-state index contributed by atoms with van der Waals surface area (Å²) in [6.07, 6.45) is 9.30. The summed E-state index contributed by atoms with van der Waals surface area (Å²) in [6, 6.07) is 0.300. The Morgan fingerprint density at radius 3 is 2.58 bits per heavy atom. The number of hydrogen-bond acceptors (Lipinski definition) is 4. The lowest BCUT2D eigenvalue weighted by Crippen LogP contribution is -2.49. The molecule has 1 unspecified atom stereocenters. The van der Waals surface area contributed by atoms with Crippen LogP contribution in [0.2, 0.25) is 0 Å². The highest BCUT2D eigenvalue weighted by atomic mass is 15.4. The molecule has 0 radical (unpaired) electrons. The Hall–Kier alpha value is -0.940. The second kappa shape index (κ2) is 6.01. The molecule has 1 fully saturated rings. The average Bonchev–Trinajstić information content (AvgIpc) is 2.95. The second-order valence-corrected chi connectivity index (χ2v) is 6.47. The van der Waals surface area contributed by atoms with Crippen molar-refractivity contribution in [1.82, 2.24) is 20.4 Å². The molecule has 1 heterocycles. The molecule has 0 saturated heterocycles. The number of aromatic nitrogens is 3. The minimum Gasteiger partial charge on any atom is -0.271 e. The van der Waals surface area contributed by atoms with Crippen LogP contribution in [-0.2, 0) is 13.5 Å². The quantitative estimate of drug-likeness (QED) is 0.608. The van der Waals surface area contributed by atoms with Gasteiger partial charge in [-0.25, -0.2) is 0 Å². The molecule has 1 aliphatic carbocycles. The molecule has 108 valence electrons. The van der Waals surface area contributed by atoms with Gasteiger partial charge in [0.1, 0.15) is 0 Å². The number of rotatable bonds is 6. The van der Waals surface area contributed by atoms with E-state index >= 15 is 0 Å². The van der Waals surface area contributed by atoms with Crippen LogP contribution < -0.4 is 11.3 Å². The van der Waals surface area contributed by atoms with Crippen LogP contribution in [0.25, 0.3) is 0 Å². The summed E-state index contributed by atoms with van der Waals surface area (Å²) in [7, 11) is 1.90. The first-order chi connectivity index (χ1) is 9.05. The maximum absolute atomic E-state index is 5.86. The molecule has 1 aromatic rings. The van der Waals surface area contributed by atoms with Gasteiger partial charge in [0.25, 0.3) is 0 Å². The third kappa shape index (κ3) is 3.34. The molecule has 1 atom stereocenters. The summed E-state index contributed by atoms with van der Waals surface area (Å²) in [5.41, 5.74) is 4.43. The van der Waals surface area contributed by atoms with Crippen LogP contribution in [0.15, 0.2) is 6.20 Å². The van der Waals surface area contributed by atoms with Crippen molar-refractivity contribution >= 4 is 0 Å². The predicted octanol–water partition coefficient (Wildman–Crippen LogP) is 1.80. The summed E-state index contributed by atoms with van der Waals surface area (Å²) in [6.45, 7) is 4.60. The molecule has 1 saturated carbocycles. The fourth-order valence-electron chi connectivity index (χ4n) is 3.74. The number of hydrazine groups is 1.